The van der Waals surface area contributed by atoms with Crippen LogP contribution in [-0.4, -0.2) is 44.7 Å². The van der Waals surface area contributed by atoms with E-state index in [1.165, 1.54) is 0 Å². The molecule has 1 atom stereocenters. The van der Waals surface area contributed by atoms with Gasteiger partial charge < -0.3 is 14.8 Å². The van der Waals surface area contributed by atoms with Crippen LogP contribution in [0.4, 0.5) is 0 Å². The van der Waals surface area contributed by atoms with Gasteiger partial charge in [0.25, 0.3) is 0 Å². The highest BCUT2D eigenvalue weighted by molar-refractivity contribution is 5.78. The molecule has 5 heteroatoms. The predicted molar refractivity (Wildman–Crippen MR) is 108 cm³/mol. The van der Waals surface area contributed by atoms with Crippen molar-refractivity contribution >= 4 is 5.91 Å². The number of ether oxygens (including phenoxy) is 2. The van der Waals surface area contributed by atoms with E-state index in [2.05, 4.69) is 30.1 Å². The number of likely N-dealkylation sites (N-methyl/N-ethyl adjacent to an activating group) is 1. The van der Waals surface area contributed by atoms with Crippen molar-refractivity contribution in [3.63, 3.8) is 0 Å². The van der Waals surface area contributed by atoms with E-state index in [-0.39, 0.29) is 11.9 Å². The van der Waals surface area contributed by atoms with E-state index in [1.807, 2.05) is 42.5 Å². The monoisotopic (exact) mass is 370 g/mol. The van der Waals surface area contributed by atoms with Crippen LogP contribution in [0.3, 0.4) is 0 Å². The van der Waals surface area contributed by atoms with Crippen LogP contribution in [0.2, 0.25) is 0 Å². The van der Waals surface area contributed by atoms with Crippen molar-refractivity contribution < 1.29 is 14.3 Å². The molecule has 0 bridgehead atoms. The van der Waals surface area contributed by atoms with Crippen molar-refractivity contribution in [2.24, 2.45) is 0 Å². The average molecular weight is 370 g/mol. The summed E-state index contributed by atoms with van der Waals surface area (Å²) in [6.45, 7) is 6.65. The number of carbonyl (C=O) groups is 1. The largest absolute Gasteiger partial charge is 0.497 e. The van der Waals surface area contributed by atoms with Gasteiger partial charge in [0.15, 0.2) is 0 Å². The molecule has 0 saturated heterocycles. The number of hydrogen-bond acceptors (Lipinski definition) is 4. The van der Waals surface area contributed by atoms with Crippen LogP contribution in [-0.2, 0) is 11.2 Å². The maximum atomic E-state index is 12.4. The van der Waals surface area contributed by atoms with Gasteiger partial charge in [0.05, 0.1) is 26.7 Å². The lowest BCUT2D eigenvalue weighted by Gasteiger charge is -2.30. The number of carbonyl (C=O) groups excluding carboxylic acids is 1. The van der Waals surface area contributed by atoms with Crippen LogP contribution in [0, 0.1) is 0 Å². The van der Waals surface area contributed by atoms with Crippen LogP contribution in [0.25, 0.3) is 0 Å². The average Bonchev–Trinajstić information content (AvgIpc) is 2.71. The number of amides is 1. The summed E-state index contributed by atoms with van der Waals surface area (Å²) in [7, 11) is 3.30. The second-order valence-electron chi connectivity index (χ2n) is 6.34. The van der Waals surface area contributed by atoms with Gasteiger partial charge in [-0.25, -0.2) is 0 Å². The highest BCUT2D eigenvalue weighted by Gasteiger charge is 2.19. The van der Waals surface area contributed by atoms with Gasteiger partial charge in [0.2, 0.25) is 5.91 Å². The number of methoxy groups -OCH3 is 2. The first-order chi connectivity index (χ1) is 13.1. The van der Waals surface area contributed by atoms with Crippen LogP contribution < -0.4 is 14.8 Å². The Morgan fingerprint density at radius 2 is 1.67 bits per heavy atom. The van der Waals surface area contributed by atoms with Crippen LogP contribution in [0.5, 0.6) is 11.5 Å². The summed E-state index contributed by atoms with van der Waals surface area (Å²) in [5.74, 6) is 1.63. The Morgan fingerprint density at radius 3 is 2.26 bits per heavy atom. The molecular formula is C22H30N2O3. The van der Waals surface area contributed by atoms with Gasteiger partial charge in [-0.15, -0.1) is 0 Å². The fourth-order valence-corrected chi connectivity index (χ4v) is 3.17. The lowest BCUT2D eigenvalue weighted by atomic mass is 10.0. The molecule has 146 valence electrons. The second-order valence-corrected chi connectivity index (χ2v) is 6.34. The minimum absolute atomic E-state index is 0.0141. The number of nitrogens with one attached hydrogen (secondary N) is 1. The minimum atomic E-state index is 0.0141. The molecule has 0 aromatic heterocycles. The first-order valence-corrected chi connectivity index (χ1v) is 9.38. The molecule has 2 aromatic carbocycles. The third kappa shape index (κ3) is 6.00. The number of benzene rings is 2. The number of nitrogens with zero attached hydrogens (tertiary/aromatic N) is 1. The highest BCUT2D eigenvalue weighted by Crippen LogP contribution is 2.24. The van der Waals surface area contributed by atoms with Gasteiger partial charge in [-0.3, -0.25) is 9.69 Å². The second kappa shape index (κ2) is 10.6. The molecule has 2 rings (SSSR count). The molecule has 1 N–H and O–H groups in total. The first-order valence-electron chi connectivity index (χ1n) is 9.38. The zero-order chi connectivity index (χ0) is 19.6. The molecule has 0 spiro atoms. The molecular weight excluding hydrogens is 340 g/mol. The molecule has 2 aromatic rings. The summed E-state index contributed by atoms with van der Waals surface area (Å²) < 4.78 is 10.5. The van der Waals surface area contributed by atoms with Crippen molar-refractivity contribution in [1.82, 2.24) is 10.2 Å². The van der Waals surface area contributed by atoms with Crippen LogP contribution in [0.15, 0.2) is 48.5 Å². The van der Waals surface area contributed by atoms with Gasteiger partial charge in [0, 0.05) is 6.54 Å². The minimum Gasteiger partial charge on any atom is -0.497 e. The molecule has 5 nitrogen and oxygen atoms in total. The summed E-state index contributed by atoms with van der Waals surface area (Å²) >= 11 is 0. The summed E-state index contributed by atoms with van der Waals surface area (Å²) in [5, 5.41) is 3.09. The summed E-state index contributed by atoms with van der Waals surface area (Å²) in [5.41, 5.74) is 2.11. The Bertz CT molecular complexity index is 712. The fraction of sp³-hybridized carbons (Fsp3) is 0.409. The molecule has 0 fully saturated rings. The predicted octanol–water partition coefficient (Wildman–Crippen LogP) is 3.45. The molecule has 0 aliphatic rings. The Balaban J connectivity index is 2.04. The van der Waals surface area contributed by atoms with E-state index in [1.54, 1.807) is 14.2 Å². The molecule has 0 aliphatic heterocycles. The van der Waals surface area contributed by atoms with E-state index in [0.29, 0.717) is 13.0 Å². The Kier molecular flexibility index (Phi) is 8.14. The molecule has 1 unspecified atom stereocenters. The third-order valence-corrected chi connectivity index (χ3v) is 4.75. The van der Waals surface area contributed by atoms with Crippen molar-refractivity contribution in [3.05, 3.63) is 59.7 Å². The van der Waals surface area contributed by atoms with Crippen LogP contribution >= 0.6 is 0 Å². The van der Waals surface area contributed by atoms with Gasteiger partial charge in [0.1, 0.15) is 11.5 Å². The molecule has 1 amide bonds. The molecule has 0 heterocycles. The van der Waals surface area contributed by atoms with E-state index in [9.17, 15) is 4.79 Å². The number of hydrogen-bond donors (Lipinski definition) is 1. The van der Waals surface area contributed by atoms with Crippen molar-refractivity contribution in [2.45, 2.75) is 26.3 Å². The van der Waals surface area contributed by atoms with Crippen molar-refractivity contribution in [2.75, 3.05) is 33.9 Å². The van der Waals surface area contributed by atoms with Crippen molar-refractivity contribution in [1.29, 1.82) is 0 Å². The lowest BCUT2D eigenvalue weighted by Crippen LogP contribution is -2.38. The van der Waals surface area contributed by atoms with Gasteiger partial charge in [-0.1, -0.05) is 38.1 Å². The third-order valence-electron chi connectivity index (χ3n) is 4.75. The number of rotatable bonds is 10. The topological polar surface area (TPSA) is 50.8 Å². The zero-order valence-corrected chi connectivity index (χ0v) is 16.7. The molecule has 0 saturated carbocycles. The standard InChI is InChI=1S/C22H30N2O3/c1-5-24(6-2)21(18-8-7-9-20(15-18)27-4)16-23-22(25)14-17-10-12-19(26-3)13-11-17/h7-13,15,21H,5-6,14,16H2,1-4H3,(H,23,25). The lowest BCUT2D eigenvalue weighted by molar-refractivity contribution is -0.120. The van der Waals surface area contributed by atoms with E-state index in [0.717, 1.165) is 35.7 Å². The smallest absolute Gasteiger partial charge is 0.224 e. The zero-order valence-electron chi connectivity index (χ0n) is 16.7. The Morgan fingerprint density at radius 1 is 1.00 bits per heavy atom. The van der Waals surface area contributed by atoms with E-state index < -0.39 is 0 Å². The van der Waals surface area contributed by atoms with Crippen molar-refractivity contribution in [3.8, 4) is 11.5 Å². The summed E-state index contributed by atoms with van der Waals surface area (Å²) in [4.78, 5) is 14.8. The molecule has 27 heavy (non-hydrogen) atoms. The highest BCUT2D eigenvalue weighted by atomic mass is 16.5. The van der Waals surface area contributed by atoms with Gasteiger partial charge >= 0.3 is 0 Å². The quantitative estimate of drug-likeness (QED) is 0.696. The summed E-state index contributed by atoms with van der Waals surface area (Å²) in [6.07, 6.45) is 0.354. The van der Waals surface area contributed by atoms with Gasteiger partial charge in [-0.05, 0) is 48.5 Å². The van der Waals surface area contributed by atoms with E-state index >= 15 is 0 Å². The molecule has 0 radical (unpaired) electrons. The SMILES string of the molecule is CCN(CC)C(CNC(=O)Cc1ccc(OC)cc1)c1cccc(OC)c1. The first kappa shape index (κ1) is 20.8. The maximum Gasteiger partial charge on any atom is 0.224 e. The van der Waals surface area contributed by atoms with E-state index in [4.69, 9.17) is 9.47 Å². The normalized spacial score (nSPS) is 11.9. The fourth-order valence-electron chi connectivity index (χ4n) is 3.17. The Hall–Kier alpha value is -2.53. The molecule has 0 aliphatic carbocycles. The Labute approximate surface area is 162 Å². The summed E-state index contributed by atoms with van der Waals surface area (Å²) in [6, 6.07) is 15.7. The van der Waals surface area contributed by atoms with Crippen LogP contribution in [0.1, 0.15) is 31.0 Å². The van der Waals surface area contributed by atoms with Gasteiger partial charge in [-0.2, -0.15) is 0 Å². The maximum absolute atomic E-state index is 12.4.